The van der Waals surface area contributed by atoms with E-state index in [0.717, 1.165) is 60.9 Å². The molecule has 27 heteroatoms. The van der Waals surface area contributed by atoms with E-state index in [-0.39, 0.29) is 62.2 Å². The van der Waals surface area contributed by atoms with Crippen molar-refractivity contribution in [1.29, 1.82) is 0 Å². The van der Waals surface area contributed by atoms with Gasteiger partial charge in [0.25, 0.3) is 6.85 Å². The first kappa shape index (κ1) is 77.1. The number of aryl methyl sites for hydroxylation is 1. The molecule has 480 valence electrons. The van der Waals surface area contributed by atoms with Crippen LogP contribution in [-0.4, -0.2) is 159 Å². The third kappa shape index (κ3) is 26.3. The minimum Gasteiger partial charge on any atom is -0.493 e. The summed E-state index contributed by atoms with van der Waals surface area (Å²) in [5.41, 5.74) is 17.2. The van der Waals surface area contributed by atoms with E-state index in [1.54, 1.807) is 29.9 Å². The van der Waals surface area contributed by atoms with Crippen molar-refractivity contribution in [3.05, 3.63) is 141 Å². The van der Waals surface area contributed by atoms with Gasteiger partial charge >= 0.3 is 11.7 Å². The van der Waals surface area contributed by atoms with E-state index >= 15 is 0 Å². The maximum absolute atomic E-state index is 12.0. The number of benzene rings is 4. The number of methoxy groups -OCH3 is 1. The second kappa shape index (κ2) is 43.6. The van der Waals surface area contributed by atoms with Crippen LogP contribution in [0.4, 0.5) is 28.4 Å². The third-order valence-corrected chi connectivity index (χ3v) is 12.7. The van der Waals surface area contributed by atoms with E-state index in [1.807, 2.05) is 77.1 Å². The van der Waals surface area contributed by atoms with Crippen LogP contribution in [0.25, 0.3) is 11.6 Å². The van der Waals surface area contributed by atoms with Gasteiger partial charge in [0.05, 0.1) is 48.4 Å². The number of carboxylic acids is 1. The Morgan fingerprint density at radius 3 is 2.17 bits per heavy atom. The van der Waals surface area contributed by atoms with Crippen LogP contribution in [0.5, 0.6) is 17.2 Å². The molecule has 4 atom stereocenters. The lowest BCUT2D eigenvalue weighted by Crippen LogP contribution is -2.49. The number of ether oxygens (including phenoxy) is 5. The molecule has 0 aliphatic carbocycles. The Balaban J connectivity index is 0.000000632. The first-order chi connectivity index (χ1) is 42.5. The van der Waals surface area contributed by atoms with Crippen molar-refractivity contribution in [2.75, 3.05) is 77.2 Å². The van der Waals surface area contributed by atoms with Gasteiger partial charge in [-0.3, -0.25) is 29.3 Å². The molecule has 5 aromatic rings. The van der Waals surface area contributed by atoms with Gasteiger partial charge in [-0.2, -0.15) is 0 Å². The van der Waals surface area contributed by atoms with E-state index in [4.69, 9.17) is 44.4 Å². The fraction of sp³-hybridized carbons (Fsp3) is 0.377. The summed E-state index contributed by atoms with van der Waals surface area (Å²) >= 11 is 0. The molecule has 2 aliphatic heterocycles. The van der Waals surface area contributed by atoms with Crippen molar-refractivity contribution in [1.82, 2.24) is 14.7 Å². The first-order valence-corrected chi connectivity index (χ1v) is 27.9. The van der Waals surface area contributed by atoms with Gasteiger partial charge < -0.3 is 91.0 Å². The lowest BCUT2D eigenvalue weighted by molar-refractivity contribution is -0.386. The van der Waals surface area contributed by atoms with Gasteiger partial charge in [0.15, 0.2) is 35.9 Å². The van der Waals surface area contributed by atoms with Gasteiger partial charge in [0.2, 0.25) is 18.6 Å². The van der Waals surface area contributed by atoms with Gasteiger partial charge in [-0.15, -0.1) is 0 Å². The molecule has 7 rings (SSSR count). The second-order valence-electron chi connectivity index (χ2n) is 18.5. The highest BCUT2D eigenvalue weighted by atomic mass is 16.7. The van der Waals surface area contributed by atoms with Crippen LogP contribution in [0.15, 0.2) is 103 Å². The van der Waals surface area contributed by atoms with Crippen LogP contribution in [0.1, 0.15) is 89.9 Å². The summed E-state index contributed by atoms with van der Waals surface area (Å²) in [7, 11) is 11.4. The maximum atomic E-state index is 12.0. The summed E-state index contributed by atoms with van der Waals surface area (Å²) in [5, 5.41) is 59.2. The predicted octanol–water partition coefficient (Wildman–Crippen LogP) is 6.65. The minimum atomic E-state index is -1.25. The lowest BCUT2D eigenvalue weighted by Gasteiger charge is -2.32. The quantitative estimate of drug-likeness (QED) is 0.00452. The topological polar surface area (TPSA) is 381 Å². The number of anilines is 4. The molecule has 0 spiro atoms. The monoisotopic (exact) mass is 1230 g/mol. The molecule has 0 bridgehead atoms. The number of carbonyl (C=O) groups excluding carboxylic acids is 5. The number of nitro groups is 1. The molecule has 88 heavy (non-hydrogen) atoms. The number of carbonyl (C=O) groups is 6. The summed E-state index contributed by atoms with van der Waals surface area (Å²) in [6.45, 7) is 6.96. The number of nitrogen functional groups attached to an aromatic ring is 1. The Kier molecular flexibility index (Phi) is 38.2. The zero-order valence-electron chi connectivity index (χ0n) is 51.4. The van der Waals surface area contributed by atoms with Crippen LogP contribution in [-0.2, 0) is 42.3 Å². The lowest BCUT2D eigenvalue weighted by atomic mass is 9.53. The van der Waals surface area contributed by atoms with Crippen LogP contribution < -0.4 is 46.9 Å². The van der Waals surface area contributed by atoms with E-state index < -0.39 is 35.6 Å². The highest BCUT2D eigenvalue weighted by Gasteiger charge is 2.35. The Bertz CT molecular complexity index is 2950. The molecule has 1 aromatic heterocycles. The van der Waals surface area contributed by atoms with Crippen molar-refractivity contribution in [2.24, 2.45) is 12.8 Å². The number of hydrogen-bond donors (Lipinski definition) is 10. The number of nitrogens with two attached hydrogens (primary N) is 2. The van der Waals surface area contributed by atoms with Gasteiger partial charge in [0, 0.05) is 89.0 Å². The fourth-order valence-corrected chi connectivity index (χ4v) is 8.43. The molecular formula is C61H86BN9O17. The number of nitro benzene ring substituents is 1. The molecule has 2 amide bonds. The summed E-state index contributed by atoms with van der Waals surface area (Å²) < 4.78 is 28.8. The highest BCUT2D eigenvalue weighted by molar-refractivity contribution is 6.56. The number of aliphatic carboxylic acids is 1. The fourth-order valence-electron chi connectivity index (χ4n) is 8.43. The summed E-state index contributed by atoms with van der Waals surface area (Å²) in [5.74, 6) is -0.871. The number of aromatic nitrogens is 1. The second-order valence-corrected chi connectivity index (χ2v) is 18.5. The molecular weight excluding hydrogens is 1140 g/mol. The summed E-state index contributed by atoms with van der Waals surface area (Å²) in [6.07, 6.45) is 8.68. The minimum absolute atomic E-state index is 0.00705. The zero-order valence-corrected chi connectivity index (χ0v) is 51.4. The number of nitrogens with one attached hydrogen (secondary N) is 4. The van der Waals surface area contributed by atoms with Crippen LogP contribution in [0.2, 0.25) is 6.32 Å². The number of amides is 2. The van der Waals surface area contributed by atoms with Crippen LogP contribution >= 0.6 is 0 Å². The number of allylic oxidation sites excluding steroid dienone is 2. The molecule has 2 aliphatic rings. The van der Waals surface area contributed by atoms with Crippen molar-refractivity contribution in [3.8, 4) is 17.2 Å². The van der Waals surface area contributed by atoms with E-state index in [9.17, 15) is 44.3 Å². The predicted molar refractivity (Wildman–Crippen MR) is 340 cm³/mol. The maximum Gasteiger partial charge on any atom is 0.333 e. The third-order valence-electron chi connectivity index (χ3n) is 12.7. The molecule has 3 heterocycles. The van der Waals surface area contributed by atoms with Gasteiger partial charge in [-0.1, -0.05) is 69.1 Å². The molecule has 26 nitrogen and oxygen atoms in total. The molecule has 4 unspecified atom stereocenters. The van der Waals surface area contributed by atoms with Crippen molar-refractivity contribution < 1.29 is 77.8 Å². The van der Waals surface area contributed by atoms with Crippen LogP contribution in [0.3, 0.4) is 0 Å². The number of aldehydes is 2. The average molecular weight is 1230 g/mol. The number of carboxylic acid groups (broad SMARTS) is 1. The Morgan fingerprint density at radius 2 is 1.60 bits per heavy atom. The molecule has 0 saturated carbocycles. The van der Waals surface area contributed by atoms with E-state index in [2.05, 4.69) is 63.4 Å². The molecule has 2 fully saturated rings. The van der Waals surface area contributed by atoms with Crippen molar-refractivity contribution in [3.63, 3.8) is 0 Å². The van der Waals surface area contributed by atoms with Gasteiger partial charge in [-0.05, 0) is 98.2 Å². The zero-order chi connectivity index (χ0) is 66.1. The largest absolute Gasteiger partial charge is 0.493 e. The van der Waals surface area contributed by atoms with E-state index in [0.29, 0.717) is 59.5 Å². The normalized spacial score (nSPS) is 15.3. The van der Waals surface area contributed by atoms with E-state index in [1.165, 1.54) is 38.4 Å². The molecule has 2 saturated heterocycles. The smallest absolute Gasteiger partial charge is 0.333 e. The number of aliphatic hydroxyl groups excluding tert-OH is 3. The number of nitrogens with zero attached hydrogens (tertiary/aromatic N) is 3. The summed E-state index contributed by atoms with van der Waals surface area (Å²) in [6, 6.07) is 24.9. The average Bonchev–Trinajstić information content (AvgIpc) is 2.94. The van der Waals surface area contributed by atoms with Gasteiger partial charge in [-0.25, -0.2) is 4.79 Å². The highest BCUT2D eigenvalue weighted by Crippen LogP contribution is 2.34. The first-order valence-electron chi connectivity index (χ1n) is 27.9. The summed E-state index contributed by atoms with van der Waals surface area (Å²) in [4.78, 5) is 76.7. The van der Waals surface area contributed by atoms with Crippen molar-refractivity contribution in [2.45, 2.75) is 90.0 Å². The number of rotatable bonds is 24. The number of hydrogen-bond acceptors (Lipinski definition) is 21. The molecule has 4 aromatic carbocycles. The Hall–Kier alpha value is -8.96. The molecule has 12 N–H and O–H groups in total. The Labute approximate surface area is 514 Å². The van der Waals surface area contributed by atoms with Gasteiger partial charge in [0.1, 0.15) is 13.0 Å². The standard InChI is InChI=1S/C19H27BN2O9.C19H21N3O6.C18H21N3.C2H6.CH5N.CH4O.CH2O/c1-21-7-3-2-6-20(21)19(26)29-11-12-4-5-15(14(8-12)22(27)28)30-17-10-13(23)9-16(31-17)18(24)25;1-22-9-14(7-15(22)11-24)21-19(26)4-3-5-28-18-8-16(20-12-25)13(10-23)6-17(18)27-2;1-20-13-16(15-7-11-18(21-2)12-8-15)6-3-14-4-9-17(19)10-5-14;4*1-2/h4-5,8,13,16-17,19,23,26H,2-3,6-7,9-11H2,1H3,(H,24,25);6-12H,3-5H2,1-2H3,(H,20,25)(H,21,26);3-13,20-21H,19H2,1-2H3;1-2H3;2H2,1H3;2H,1H3;1H2/b;;6-3+,16-13+;;;;. The molecule has 0 radical (unpaired) electrons. The number of aliphatic hydroxyl groups is 3. The Morgan fingerprint density at radius 1 is 0.920 bits per heavy atom. The van der Waals surface area contributed by atoms with Crippen LogP contribution in [0, 0.1) is 10.1 Å². The SMILES string of the molecule is C=O.CC.CN.CN/C=C(\C=C\c1ccc(N)cc1)c1ccc(NC)cc1.CN1CCCCB1C(O)OCc1ccc(OC2CC(O)CC(C(=O)O)O2)c([N+](=O)[O-])c1.CO.COc1cc(C=O)c(NC=O)cc1OCCCC(=O)Nc1cc(C=O)n(C)c1. The van der Waals surface area contributed by atoms with Crippen molar-refractivity contribution >= 4 is 84.6 Å².